The van der Waals surface area contributed by atoms with E-state index in [9.17, 15) is 5.11 Å². The second-order valence-electron chi connectivity index (χ2n) is 7.74. The van der Waals surface area contributed by atoms with Crippen molar-refractivity contribution in [2.24, 2.45) is 17.8 Å². The molecule has 1 nitrogen and oxygen atoms in total. The van der Waals surface area contributed by atoms with E-state index in [1.165, 1.54) is 56.9 Å². The molecule has 132 valence electrons. The van der Waals surface area contributed by atoms with Crippen molar-refractivity contribution in [3.63, 3.8) is 0 Å². The van der Waals surface area contributed by atoms with Gasteiger partial charge in [-0.15, -0.1) is 0 Å². The molecule has 0 saturated carbocycles. The molecule has 1 N–H and O–H groups in total. The van der Waals surface area contributed by atoms with E-state index in [1.807, 2.05) is 28.7 Å². The van der Waals surface area contributed by atoms with Gasteiger partial charge in [0.1, 0.15) is 4.11 Å². The Morgan fingerprint density at radius 2 is 1.32 bits per heavy atom. The number of hydrogen-bond donors (Lipinski definition) is 1. The van der Waals surface area contributed by atoms with Gasteiger partial charge in [-0.25, -0.2) is 0 Å². The fourth-order valence-electron chi connectivity index (χ4n) is 3.03. The summed E-state index contributed by atoms with van der Waals surface area (Å²) in [4.78, 5) is 0. The normalized spacial score (nSPS) is 16.8. The Morgan fingerprint density at radius 3 is 1.77 bits per heavy atom. The highest BCUT2D eigenvalue weighted by Crippen LogP contribution is 2.22. The molecule has 22 heavy (non-hydrogen) atoms. The smallest absolute Gasteiger partial charge is 0.123 e. The van der Waals surface area contributed by atoms with Crippen molar-refractivity contribution in [3.8, 4) is 0 Å². The third-order valence-corrected chi connectivity index (χ3v) is 4.92. The summed E-state index contributed by atoms with van der Waals surface area (Å²) < 4.78 is -0.327. The van der Waals surface area contributed by atoms with Crippen molar-refractivity contribution in [1.29, 1.82) is 0 Å². The zero-order chi connectivity index (χ0) is 17.0. The van der Waals surface area contributed by atoms with Crippen molar-refractivity contribution in [2.45, 2.75) is 96.5 Å². The molecule has 3 atom stereocenters. The number of rotatable bonds is 13. The third-order valence-electron chi connectivity index (χ3n) is 4.56. The predicted octanol–water partition coefficient (Wildman–Crippen LogP) is 7.13. The third kappa shape index (κ3) is 15.3. The summed E-state index contributed by atoms with van der Waals surface area (Å²) in [5.74, 6) is 2.61. The van der Waals surface area contributed by atoms with Gasteiger partial charge < -0.3 is 5.11 Å². The fraction of sp³-hybridized carbons (Fsp3) is 0.900. The van der Waals surface area contributed by atoms with Crippen LogP contribution in [0, 0.1) is 17.8 Å². The first-order chi connectivity index (χ1) is 10.3. The quantitative estimate of drug-likeness (QED) is 0.190. The summed E-state index contributed by atoms with van der Waals surface area (Å²) in [5.41, 5.74) is 1.33. The minimum Gasteiger partial charge on any atom is -0.379 e. The van der Waals surface area contributed by atoms with Crippen LogP contribution in [0.1, 0.15) is 92.4 Å². The molecule has 0 aromatic heterocycles. The molecule has 2 heteroatoms. The molecule has 1 unspecified atom stereocenters. The maximum Gasteiger partial charge on any atom is 0.123 e. The molecular weight excluding hydrogens is 383 g/mol. The van der Waals surface area contributed by atoms with Gasteiger partial charge in [-0.2, -0.15) is 0 Å². The molecule has 0 heterocycles. The number of allylic oxidation sites excluding steroid dienone is 1. The van der Waals surface area contributed by atoms with Gasteiger partial charge in [0, 0.05) is 0 Å². The second kappa shape index (κ2) is 13.8. The Balaban J connectivity index is 3.58. The topological polar surface area (TPSA) is 20.2 Å². The van der Waals surface area contributed by atoms with Gasteiger partial charge in [0.05, 0.1) is 0 Å². The first-order valence-electron chi connectivity index (χ1n) is 9.30. The summed E-state index contributed by atoms with van der Waals surface area (Å²) in [6, 6.07) is 0. The number of aliphatic hydroxyl groups excluding tert-OH is 1. The lowest BCUT2D eigenvalue weighted by atomic mass is 9.91. The standard InChI is InChI=1S/C20H39IO/c1-16(2)9-6-10-17(3)11-7-12-18(4)13-8-14-19(5)15-20(21)22/h15-18,20,22H,6-14H2,1-5H3/b19-15+/t17-,18-,20?/m1/s1. The van der Waals surface area contributed by atoms with Crippen molar-refractivity contribution in [3.05, 3.63) is 11.6 Å². The van der Waals surface area contributed by atoms with E-state index in [4.69, 9.17) is 0 Å². The van der Waals surface area contributed by atoms with Crippen molar-refractivity contribution in [1.82, 2.24) is 0 Å². The first kappa shape index (κ1) is 22.4. The summed E-state index contributed by atoms with van der Waals surface area (Å²) in [6.07, 6.45) is 14.1. The summed E-state index contributed by atoms with van der Waals surface area (Å²) in [5, 5.41) is 9.30. The maximum atomic E-state index is 9.30. The van der Waals surface area contributed by atoms with Crippen molar-refractivity contribution in [2.75, 3.05) is 0 Å². The van der Waals surface area contributed by atoms with Crippen LogP contribution < -0.4 is 0 Å². The van der Waals surface area contributed by atoms with Crippen LogP contribution >= 0.6 is 22.6 Å². The molecule has 0 rings (SSSR count). The van der Waals surface area contributed by atoms with E-state index in [0.29, 0.717) is 0 Å². The Hall–Kier alpha value is 0.430. The van der Waals surface area contributed by atoms with Crippen LogP contribution in [0.15, 0.2) is 11.6 Å². The molecular formula is C20H39IO. The average Bonchev–Trinajstić information content (AvgIpc) is 2.37. The Morgan fingerprint density at radius 1 is 0.864 bits per heavy atom. The summed E-state index contributed by atoms with van der Waals surface area (Å²) in [6.45, 7) is 11.6. The van der Waals surface area contributed by atoms with E-state index in [1.54, 1.807) is 0 Å². The van der Waals surface area contributed by atoms with Crippen LogP contribution in [0.4, 0.5) is 0 Å². The minimum absolute atomic E-state index is 0.327. The molecule has 0 bridgehead atoms. The lowest BCUT2D eigenvalue weighted by Gasteiger charge is -2.15. The van der Waals surface area contributed by atoms with Gasteiger partial charge in [0.15, 0.2) is 0 Å². The van der Waals surface area contributed by atoms with E-state index in [2.05, 4.69) is 34.6 Å². The second-order valence-corrected chi connectivity index (χ2v) is 9.02. The van der Waals surface area contributed by atoms with Gasteiger partial charge in [0.2, 0.25) is 0 Å². The molecule has 0 aromatic carbocycles. The van der Waals surface area contributed by atoms with E-state index in [-0.39, 0.29) is 4.11 Å². The van der Waals surface area contributed by atoms with Gasteiger partial charge in [-0.3, -0.25) is 0 Å². The molecule has 0 spiro atoms. The Bertz CT molecular complexity index is 283. The van der Waals surface area contributed by atoms with Crippen LogP contribution in [-0.4, -0.2) is 9.22 Å². The van der Waals surface area contributed by atoms with Gasteiger partial charge >= 0.3 is 0 Å². The van der Waals surface area contributed by atoms with Gasteiger partial charge in [-0.1, -0.05) is 78.2 Å². The largest absolute Gasteiger partial charge is 0.379 e. The molecule has 0 aliphatic rings. The van der Waals surface area contributed by atoms with Gasteiger partial charge in [-0.05, 0) is 66.2 Å². The summed E-state index contributed by atoms with van der Waals surface area (Å²) >= 11 is 2.04. The SMILES string of the molecule is C/C(=C\C(O)I)CCC[C@H](C)CCC[C@H](C)CCCC(C)C. The molecule has 0 amide bonds. The zero-order valence-corrected chi connectivity index (χ0v) is 17.7. The lowest BCUT2D eigenvalue weighted by molar-refractivity contribution is 0.323. The van der Waals surface area contributed by atoms with Crippen molar-refractivity contribution >= 4 is 22.6 Å². The van der Waals surface area contributed by atoms with Crippen LogP contribution in [-0.2, 0) is 0 Å². The highest BCUT2D eigenvalue weighted by atomic mass is 127. The van der Waals surface area contributed by atoms with Crippen LogP contribution in [0.2, 0.25) is 0 Å². The molecule has 0 aliphatic heterocycles. The van der Waals surface area contributed by atoms with Crippen LogP contribution in [0.25, 0.3) is 0 Å². The molecule has 0 aromatic rings. The minimum atomic E-state index is -0.327. The highest BCUT2D eigenvalue weighted by molar-refractivity contribution is 14.1. The Labute approximate surface area is 153 Å². The molecule has 0 radical (unpaired) electrons. The first-order valence-corrected chi connectivity index (χ1v) is 10.5. The molecule has 0 fully saturated rings. The monoisotopic (exact) mass is 422 g/mol. The van der Waals surface area contributed by atoms with E-state index in [0.717, 1.165) is 24.2 Å². The molecule has 0 saturated heterocycles. The fourth-order valence-corrected chi connectivity index (χ4v) is 3.64. The zero-order valence-electron chi connectivity index (χ0n) is 15.6. The van der Waals surface area contributed by atoms with Crippen LogP contribution in [0.3, 0.4) is 0 Å². The molecule has 0 aliphatic carbocycles. The highest BCUT2D eigenvalue weighted by Gasteiger charge is 2.06. The van der Waals surface area contributed by atoms with E-state index >= 15 is 0 Å². The van der Waals surface area contributed by atoms with Crippen LogP contribution in [0.5, 0.6) is 0 Å². The Kier molecular flexibility index (Phi) is 14.1. The number of hydrogen-bond acceptors (Lipinski definition) is 1. The number of halogens is 1. The number of alkyl halides is 1. The predicted molar refractivity (Wildman–Crippen MR) is 109 cm³/mol. The van der Waals surface area contributed by atoms with Crippen molar-refractivity contribution < 1.29 is 5.11 Å². The van der Waals surface area contributed by atoms with Gasteiger partial charge in [0.25, 0.3) is 0 Å². The van der Waals surface area contributed by atoms with E-state index < -0.39 is 0 Å². The maximum absolute atomic E-state index is 9.30. The average molecular weight is 422 g/mol. The summed E-state index contributed by atoms with van der Waals surface area (Å²) in [7, 11) is 0. The number of aliphatic hydroxyl groups is 1. The lowest BCUT2D eigenvalue weighted by Crippen LogP contribution is -2.00.